The molecule has 1 aromatic rings. The fourth-order valence-corrected chi connectivity index (χ4v) is 3.14. The number of benzene rings is 1. The molecule has 2 nitrogen and oxygen atoms in total. The minimum atomic E-state index is -0.261. The number of aliphatic hydroxyl groups excluding tert-OH is 1. The van der Waals surface area contributed by atoms with Gasteiger partial charge in [0.25, 0.3) is 0 Å². The molecule has 2 heteroatoms. The molecule has 0 aromatic heterocycles. The maximum Gasteiger partial charge on any atom is 0.0838 e. The van der Waals surface area contributed by atoms with E-state index in [1.807, 2.05) is 0 Å². The van der Waals surface area contributed by atoms with Gasteiger partial charge in [0, 0.05) is 17.8 Å². The van der Waals surface area contributed by atoms with Crippen molar-refractivity contribution in [2.75, 3.05) is 11.9 Å². The summed E-state index contributed by atoms with van der Waals surface area (Å²) in [6.45, 7) is 1.02. The lowest BCUT2D eigenvalue weighted by atomic mass is 9.92. The van der Waals surface area contributed by atoms with Gasteiger partial charge in [0.2, 0.25) is 0 Å². The summed E-state index contributed by atoms with van der Waals surface area (Å²) in [6, 6.07) is 6.33. The lowest BCUT2D eigenvalue weighted by molar-refractivity contribution is 0.112. The number of hydrogen-bond donors (Lipinski definition) is 2. The lowest BCUT2D eigenvalue weighted by Gasteiger charge is -2.20. The van der Waals surface area contributed by atoms with Gasteiger partial charge in [-0.05, 0) is 30.7 Å². The molecule has 0 bridgehead atoms. The van der Waals surface area contributed by atoms with Crippen molar-refractivity contribution in [2.45, 2.75) is 38.2 Å². The number of rotatable bonds is 2. The standard InChI is InChI=1S/C14H19NO/c16-14(11-4-1-2-5-11)12-7-3-6-10-8-9-15-13(10)12/h3,6-7,11,14-16H,1-2,4-5,8-9H2. The van der Waals surface area contributed by atoms with Crippen LogP contribution in [0, 0.1) is 5.92 Å². The molecule has 1 aliphatic carbocycles. The van der Waals surface area contributed by atoms with E-state index in [9.17, 15) is 5.11 Å². The van der Waals surface area contributed by atoms with Gasteiger partial charge in [0.05, 0.1) is 6.10 Å². The van der Waals surface area contributed by atoms with Crippen molar-refractivity contribution in [2.24, 2.45) is 5.92 Å². The van der Waals surface area contributed by atoms with E-state index in [0.717, 1.165) is 18.5 Å². The molecule has 1 unspecified atom stereocenters. The molecular weight excluding hydrogens is 198 g/mol. The second-order valence-corrected chi connectivity index (χ2v) is 5.05. The number of para-hydroxylation sites is 1. The second kappa shape index (κ2) is 4.10. The summed E-state index contributed by atoms with van der Waals surface area (Å²) in [4.78, 5) is 0. The molecule has 16 heavy (non-hydrogen) atoms. The molecule has 1 fully saturated rings. The van der Waals surface area contributed by atoms with Gasteiger partial charge in [-0.3, -0.25) is 0 Å². The van der Waals surface area contributed by atoms with Crippen LogP contribution in [0.5, 0.6) is 0 Å². The smallest absolute Gasteiger partial charge is 0.0838 e. The molecule has 0 amide bonds. The molecule has 0 spiro atoms. The van der Waals surface area contributed by atoms with E-state index in [1.54, 1.807) is 0 Å². The quantitative estimate of drug-likeness (QED) is 0.798. The van der Waals surface area contributed by atoms with Crippen molar-refractivity contribution in [3.05, 3.63) is 29.3 Å². The molecule has 0 radical (unpaired) electrons. The highest BCUT2D eigenvalue weighted by Gasteiger charge is 2.27. The van der Waals surface area contributed by atoms with Crippen LogP contribution in [0.15, 0.2) is 18.2 Å². The molecule has 1 saturated carbocycles. The third-order valence-electron chi connectivity index (χ3n) is 4.04. The zero-order valence-corrected chi connectivity index (χ0v) is 9.58. The monoisotopic (exact) mass is 217 g/mol. The molecule has 2 aliphatic rings. The maximum atomic E-state index is 10.4. The van der Waals surface area contributed by atoms with Gasteiger partial charge in [-0.25, -0.2) is 0 Å². The predicted octanol–water partition coefficient (Wildman–Crippen LogP) is 2.88. The Bertz CT molecular complexity index is 382. The van der Waals surface area contributed by atoms with Gasteiger partial charge in [-0.1, -0.05) is 31.0 Å². The summed E-state index contributed by atoms with van der Waals surface area (Å²) in [6.07, 6.45) is 5.77. The van der Waals surface area contributed by atoms with E-state index >= 15 is 0 Å². The van der Waals surface area contributed by atoms with E-state index in [-0.39, 0.29) is 6.10 Å². The Hall–Kier alpha value is -1.02. The Morgan fingerprint density at radius 3 is 2.88 bits per heavy atom. The van der Waals surface area contributed by atoms with Gasteiger partial charge in [-0.15, -0.1) is 0 Å². The Kier molecular flexibility index (Phi) is 2.60. The van der Waals surface area contributed by atoms with Gasteiger partial charge in [-0.2, -0.15) is 0 Å². The van der Waals surface area contributed by atoms with Crippen LogP contribution in [0.3, 0.4) is 0 Å². The van der Waals surface area contributed by atoms with E-state index in [4.69, 9.17) is 0 Å². The fourth-order valence-electron chi connectivity index (χ4n) is 3.14. The molecule has 3 rings (SSSR count). The van der Waals surface area contributed by atoms with Crippen LogP contribution in [0.1, 0.15) is 42.9 Å². The number of hydrogen-bond acceptors (Lipinski definition) is 2. The molecule has 0 saturated heterocycles. The Balaban J connectivity index is 1.91. The first-order valence-corrected chi connectivity index (χ1v) is 6.40. The molecule has 1 aliphatic heterocycles. The van der Waals surface area contributed by atoms with Crippen LogP contribution in [-0.4, -0.2) is 11.7 Å². The molecular formula is C14H19NO. The second-order valence-electron chi connectivity index (χ2n) is 5.05. The third kappa shape index (κ3) is 1.61. The number of nitrogens with one attached hydrogen (secondary N) is 1. The first-order chi connectivity index (χ1) is 7.86. The molecule has 1 aromatic carbocycles. The van der Waals surface area contributed by atoms with Crippen molar-refractivity contribution in [1.82, 2.24) is 0 Å². The lowest BCUT2D eigenvalue weighted by Crippen LogP contribution is -2.10. The fraction of sp³-hybridized carbons (Fsp3) is 0.571. The van der Waals surface area contributed by atoms with E-state index in [0.29, 0.717) is 5.92 Å². The molecule has 1 atom stereocenters. The maximum absolute atomic E-state index is 10.4. The number of fused-ring (bicyclic) bond motifs is 1. The van der Waals surface area contributed by atoms with Crippen molar-refractivity contribution in [1.29, 1.82) is 0 Å². The van der Waals surface area contributed by atoms with Crippen molar-refractivity contribution >= 4 is 5.69 Å². The summed E-state index contributed by atoms with van der Waals surface area (Å²) < 4.78 is 0. The normalized spacial score (nSPS) is 21.8. The van der Waals surface area contributed by atoms with E-state index in [2.05, 4.69) is 23.5 Å². The first kappa shape index (κ1) is 10.2. The van der Waals surface area contributed by atoms with Crippen LogP contribution >= 0.6 is 0 Å². The first-order valence-electron chi connectivity index (χ1n) is 6.40. The minimum absolute atomic E-state index is 0.261. The average Bonchev–Trinajstić information content (AvgIpc) is 2.98. The zero-order valence-electron chi connectivity index (χ0n) is 9.58. The highest BCUT2D eigenvalue weighted by molar-refractivity contribution is 5.62. The molecule has 86 valence electrons. The summed E-state index contributed by atoms with van der Waals surface area (Å²) in [5.74, 6) is 0.480. The van der Waals surface area contributed by atoms with E-state index in [1.165, 1.54) is 36.9 Å². The van der Waals surface area contributed by atoms with E-state index < -0.39 is 0 Å². The molecule has 1 heterocycles. The SMILES string of the molecule is OC(c1cccc2c1NCC2)C1CCCC1. The van der Waals surface area contributed by atoms with Gasteiger partial charge in [0.1, 0.15) is 0 Å². The molecule has 2 N–H and O–H groups in total. The largest absolute Gasteiger partial charge is 0.388 e. The Labute approximate surface area is 96.7 Å². The summed E-state index contributed by atoms with van der Waals surface area (Å²) in [5, 5.41) is 13.9. The highest BCUT2D eigenvalue weighted by atomic mass is 16.3. The van der Waals surface area contributed by atoms with Crippen molar-refractivity contribution in [3.63, 3.8) is 0 Å². The van der Waals surface area contributed by atoms with Crippen molar-refractivity contribution in [3.8, 4) is 0 Å². The summed E-state index contributed by atoms with van der Waals surface area (Å²) >= 11 is 0. The zero-order chi connectivity index (χ0) is 11.0. The number of anilines is 1. The average molecular weight is 217 g/mol. The number of aliphatic hydroxyl groups is 1. The third-order valence-corrected chi connectivity index (χ3v) is 4.04. The van der Waals surface area contributed by atoms with Gasteiger partial charge in [0.15, 0.2) is 0 Å². The minimum Gasteiger partial charge on any atom is -0.388 e. The predicted molar refractivity (Wildman–Crippen MR) is 65.6 cm³/mol. The highest BCUT2D eigenvalue weighted by Crippen LogP contribution is 2.40. The van der Waals surface area contributed by atoms with Gasteiger partial charge < -0.3 is 10.4 Å². The van der Waals surface area contributed by atoms with Crippen LogP contribution in [0.25, 0.3) is 0 Å². The van der Waals surface area contributed by atoms with Crippen molar-refractivity contribution < 1.29 is 5.11 Å². The Morgan fingerprint density at radius 1 is 1.25 bits per heavy atom. The summed E-state index contributed by atoms with van der Waals surface area (Å²) in [7, 11) is 0. The Morgan fingerprint density at radius 2 is 2.06 bits per heavy atom. The topological polar surface area (TPSA) is 32.3 Å². The van der Waals surface area contributed by atoms with Crippen LogP contribution in [0.2, 0.25) is 0 Å². The van der Waals surface area contributed by atoms with Crippen LogP contribution < -0.4 is 5.32 Å². The van der Waals surface area contributed by atoms with Crippen LogP contribution in [-0.2, 0) is 6.42 Å². The van der Waals surface area contributed by atoms with Gasteiger partial charge >= 0.3 is 0 Å². The van der Waals surface area contributed by atoms with Crippen LogP contribution in [0.4, 0.5) is 5.69 Å². The summed E-state index contributed by atoms with van der Waals surface area (Å²) in [5.41, 5.74) is 3.71.